The summed E-state index contributed by atoms with van der Waals surface area (Å²) in [5.74, 6) is 0.0143. The summed E-state index contributed by atoms with van der Waals surface area (Å²) < 4.78 is 6.38. The number of benzene rings is 1. The van der Waals surface area contributed by atoms with Gasteiger partial charge in [-0.2, -0.15) is 0 Å². The molecule has 104 valence electrons. The molecule has 0 bridgehead atoms. The largest absolute Gasteiger partial charge is 0.379 e. The molecule has 1 aliphatic heterocycles. The highest BCUT2D eigenvalue weighted by atomic mass is 127. The number of ether oxygens (including phenoxy) is 1. The smallest absolute Gasteiger partial charge is 0.251 e. The Morgan fingerprint density at radius 2 is 2.16 bits per heavy atom. The van der Waals surface area contributed by atoms with E-state index in [0.717, 1.165) is 54.9 Å². The van der Waals surface area contributed by atoms with Crippen molar-refractivity contribution < 1.29 is 9.53 Å². The maximum Gasteiger partial charge on any atom is 0.251 e. The standard InChI is InChI=1S/C14H19IN2O2/c15-13-4-1-3-12(11-13)14(18)16-5-2-6-17-7-9-19-10-8-17/h1,3-4,11H,2,5-10H2,(H,16,18). The van der Waals surface area contributed by atoms with Gasteiger partial charge in [0.15, 0.2) is 0 Å². The molecule has 2 rings (SSSR count). The average Bonchev–Trinajstić information content (AvgIpc) is 2.44. The second-order valence-corrected chi connectivity index (χ2v) is 5.82. The monoisotopic (exact) mass is 374 g/mol. The number of nitrogens with one attached hydrogen (secondary N) is 1. The van der Waals surface area contributed by atoms with Gasteiger partial charge in [0, 0.05) is 28.8 Å². The molecule has 4 nitrogen and oxygen atoms in total. The van der Waals surface area contributed by atoms with Gasteiger partial charge in [-0.3, -0.25) is 9.69 Å². The lowest BCUT2D eigenvalue weighted by Crippen LogP contribution is -2.38. The number of halogens is 1. The number of carbonyl (C=O) groups excluding carboxylic acids is 1. The van der Waals surface area contributed by atoms with Crippen molar-refractivity contribution in [1.29, 1.82) is 0 Å². The van der Waals surface area contributed by atoms with E-state index < -0.39 is 0 Å². The molecule has 0 atom stereocenters. The highest BCUT2D eigenvalue weighted by Gasteiger charge is 2.10. The fraction of sp³-hybridized carbons (Fsp3) is 0.500. The Bertz CT molecular complexity index is 420. The molecule has 0 aromatic heterocycles. The van der Waals surface area contributed by atoms with Gasteiger partial charge >= 0.3 is 0 Å². The van der Waals surface area contributed by atoms with E-state index in [1.54, 1.807) is 0 Å². The van der Waals surface area contributed by atoms with E-state index in [2.05, 4.69) is 32.8 Å². The molecule has 5 heteroatoms. The van der Waals surface area contributed by atoms with Crippen molar-refractivity contribution >= 4 is 28.5 Å². The molecule has 1 aromatic carbocycles. The fourth-order valence-electron chi connectivity index (χ4n) is 2.06. The van der Waals surface area contributed by atoms with Crippen LogP contribution in [0.25, 0.3) is 0 Å². The van der Waals surface area contributed by atoms with Crippen molar-refractivity contribution in [3.63, 3.8) is 0 Å². The fourth-order valence-corrected chi connectivity index (χ4v) is 2.60. The Balaban J connectivity index is 1.66. The van der Waals surface area contributed by atoms with E-state index in [4.69, 9.17) is 4.74 Å². The predicted octanol–water partition coefficient (Wildman–Crippen LogP) is 1.74. The van der Waals surface area contributed by atoms with Crippen LogP contribution in [0.1, 0.15) is 16.8 Å². The van der Waals surface area contributed by atoms with E-state index in [0.29, 0.717) is 0 Å². The number of nitrogens with zero attached hydrogens (tertiary/aromatic N) is 1. The van der Waals surface area contributed by atoms with Crippen LogP contribution in [0, 0.1) is 3.57 Å². The molecule has 1 amide bonds. The maximum atomic E-state index is 11.9. The SMILES string of the molecule is O=C(NCCCN1CCOCC1)c1cccc(I)c1. The lowest BCUT2D eigenvalue weighted by molar-refractivity contribution is 0.0374. The molecule has 19 heavy (non-hydrogen) atoms. The molecule has 0 spiro atoms. The van der Waals surface area contributed by atoms with Crippen LogP contribution in [0.15, 0.2) is 24.3 Å². The summed E-state index contributed by atoms with van der Waals surface area (Å²) in [7, 11) is 0. The van der Waals surface area contributed by atoms with Gasteiger partial charge in [0.1, 0.15) is 0 Å². The summed E-state index contributed by atoms with van der Waals surface area (Å²) in [6.45, 7) is 5.41. The Morgan fingerprint density at radius 1 is 1.37 bits per heavy atom. The highest BCUT2D eigenvalue weighted by molar-refractivity contribution is 14.1. The maximum absolute atomic E-state index is 11.9. The van der Waals surface area contributed by atoms with Crippen LogP contribution < -0.4 is 5.32 Å². The van der Waals surface area contributed by atoms with Crippen molar-refractivity contribution in [2.75, 3.05) is 39.4 Å². The van der Waals surface area contributed by atoms with E-state index in [1.165, 1.54) is 0 Å². The summed E-state index contributed by atoms with van der Waals surface area (Å²) >= 11 is 2.21. The first kappa shape index (κ1) is 14.7. The molecule has 0 saturated carbocycles. The molecular weight excluding hydrogens is 355 g/mol. The van der Waals surface area contributed by atoms with Crippen LogP contribution in [-0.4, -0.2) is 50.2 Å². The van der Waals surface area contributed by atoms with Crippen molar-refractivity contribution in [3.05, 3.63) is 33.4 Å². The quantitative estimate of drug-likeness (QED) is 0.631. The van der Waals surface area contributed by atoms with Gasteiger partial charge in [0.2, 0.25) is 0 Å². The summed E-state index contributed by atoms with van der Waals surface area (Å²) in [5, 5.41) is 2.97. The first-order valence-corrected chi connectivity index (χ1v) is 7.67. The predicted molar refractivity (Wildman–Crippen MR) is 83.4 cm³/mol. The molecule has 1 N–H and O–H groups in total. The third kappa shape index (κ3) is 5.08. The zero-order chi connectivity index (χ0) is 13.5. The summed E-state index contributed by atoms with van der Waals surface area (Å²) in [6.07, 6.45) is 0.982. The van der Waals surface area contributed by atoms with E-state index in [-0.39, 0.29) is 5.91 Å². The minimum absolute atomic E-state index is 0.0143. The molecule has 1 saturated heterocycles. The van der Waals surface area contributed by atoms with Gasteiger partial charge in [-0.25, -0.2) is 0 Å². The van der Waals surface area contributed by atoms with Gasteiger partial charge in [-0.05, 0) is 53.8 Å². The molecule has 1 aliphatic rings. The van der Waals surface area contributed by atoms with Crippen LogP contribution in [-0.2, 0) is 4.74 Å². The summed E-state index contributed by atoms with van der Waals surface area (Å²) in [6, 6.07) is 7.64. The van der Waals surface area contributed by atoms with Crippen molar-refractivity contribution in [1.82, 2.24) is 10.2 Å². The molecule has 0 aliphatic carbocycles. The highest BCUT2D eigenvalue weighted by Crippen LogP contribution is 2.07. The topological polar surface area (TPSA) is 41.6 Å². The van der Waals surface area contributed by atoms with Crippen LogP contribution in [0.3, 0.4) is 0 Å². The van der Waals surface area contributed by atoms with Gasteiger partial charge in [-0.15, -0.1) is 0 Å². The molecular formula is C14H19IN2O2. The van der Waals surface area contributed by atoms with Gasteiger partial charge in [0.05, 0.1) is 13.2 Å². The Kier molecular flexibility index (Phi) is 6.06. The Labute approximate surface area is 127 Å². The Morgan fingerprint density at radius 3 is 2.89 bits per heavy atom. The van der Waals surface area contributed by atoms with Gasteiger partial charge in [0.25, 0.3) is 5.91 Å². The van der Waals surface area contributed by atoms with Crippen LogP contribution >= 0.6 is 22.6 Å². The van der Waals surface area contributed by atoms with Gasteiger partial charge < -0.3 is 10.1 Å². The first-order chi connectivity index (χ1) is 9.25. The number of hydrogen-bond donors (Lipinski definition) is 1. The van der Waals surface area contributed by atoms with Crippen molar-refractivity contribution in [2.45, 2.75) is 6.42 Å². The molecule has 0 unspecified atom stereocenters. The molecule has 1 fully saturated rings. The number of carbonyl (C=O) groups is 1. The number of hydrogen-bond acceptors (Lipinski definition) is 3. The third-order valence-electron chi connectivity index (χ3n) is 3.13. The Hall–Kier alpha value is -0.660. The van der Waals surface area contributed by atoms with Crippen molar-refractivity contribution in [3.8, 4) is 0 Å². The van der Waals surface area contributed by atoms with E-state index in [1.807, 2.05) is 24.3 Å². The van der Waals surface area contributed by atoms with Crippen LogP contribution in [0.5, 0.6) is 0 Å². The number of rotatable bonds is 5. The molecule has 1 aromatic rings. The molecule has 1 heterocycles. The average molecular weight is 374 g/mol. The summed E-state index contributed by atoms with van der Waals surface area (Å²) in [5.41, 5.74) is 0.735. The van der Waals surface area contributed by atoms with Crippen molar-refractivity contribution in [2.24, 2.45) is 0 Å². The minimum atomic E-state index is 0.0143. The minimum Gasteiger partial charge on any atom is -0.379 e. The van der Waals surface area contributed by atoms with E-state index >= 15 is 0 Å². The normalized spacial score (nSPS) is 16.3. The lowest BCUT2D eigenvalue weighted by atomic mass is 10.2. The van der Waals surface area contributed by atoms with Gasteiger partial charge in [-0.1, -0.05) is 6.07 Å². The van der Waals surface area contributed by atoms with Crippen LogP contribution in [0.2, 0.25) is 0 Å². The van der Waals surface area contributed by atoms with Crippen LogP contribution in [0.4, 0.5) is 0 Å². The van der Waals surface area contributed by atoms with E-state index in [9.17, 15) is 4.79 Å². The molecule has 0 radical (unpaired) electrons. The zero-order valence-electron chi connectivity index (χ0n) is 10.9. The second-order valence-electron chi connectivity index (χ2n) is 4.57. The zero-order valence-corrected chi connectivity index (χ0v) is 13.1. The number of morpholine rings is 1. The summed E-state index contributed by atoms with van der Waals surface area (Å²) in [4.78, 5) is 14.3. The lowest BCUT2D eigenvalue weighted by Gasteiger charge is -2.26. The second kappa shape index (κ2) is 7.81. The third-order valence-corrected chi connectivity index (χ3v) is 3.80. The number of amides is 1. The first-order valence-electron chi connectivity index (χ1n) is 6.59.